The van der Waals surface area contributed by atoms with Crippen LogP contribution in [0.5, 0.6) is 0 Å². The summed E-state index contributed by atoms with van der Waals surface area (Å²) in [6, 6.07) is 7.54. The number of ether oxygens (including phenoxy) is 1. The molecule has 0 spiro atoms. The van der Waals surface area contributed by atoms with Crippen LogP contribution >= 0.6 is 22.9 Å². The van der Waals surface area contributed by atoms with Crippen LogP contribution < -0.4 is 0 Å². The van der Waals surface area contributed by atoms with Gasteiger partial charge in [0.15, 0.2) is 0 Å². The lowest BCUT2D eigenvalue weighted by molar-refractivity contribution is -0.148. The summed E-state index contributed by atoms with van der Waals surface area (Å²) in [5.41, 5.74) is 1.63. The summed E-state index contributed by atoms with van der Waals surface area (Å²) in [6.45, 7) is 1.17. The third-order valence-electron chi connectivity index (χ3n) is 4.37. The summed E-state index contributed by atoms with van der Waals surface area (Å²) in [4.78, 5) is 30.4. The molecule has 1 amide bonds. The van der Waals surface area contributed by atoms with Crippen LogP contribution in [0.15, 0.2) is 29.6 Å². The third kappa shape index (κ3) is 4.19. The van der Waals surface area contributed by atoms with Crippen molar-refractivity contribution in [3.8, 4) is 10.6 Å². The molecule has 3 rings (SSSR count). The molecule has 1 aromatic carbocycles. The Balaban J connectivity index is 1.59. The van der Waals surface area contributed by atoms with Crippen molar-refractivity contribution in [2.75, 3.05) is 20.2 Å². The topological polar surface area (TPSA) is 59.5 Å². The number of nitrogens with zero attached hydrogens (tertiary/aromatic N) is 2. The van der Waals surface area contributed by atoms with Gasteiger partial charge in [0.2, 0.25) is 5.91 Å². The summed E-state index contributed by atoms with van der Waals surface area (Å²) >= 11 is 7.69. The van der Waals surface area contributed by atoms with Crippen LogP contribution in [0.25, 0.3) is 10.6 Å². The highest BCUT2D eigenvalue weighted by molar-refractivity contribution is 7.13. The number of rotatable bonds is 4. The Morgan fingerprint density at radius 1 is 1.32 bits per heavy atom. The highest BCUT2D eigenvalue weighted by atomic mass is 35.5. The fraction of sp³-hybridized carbons (Fsp3) is 0.389. The maximum Gasteiger partial charge on any atom is 0.308 e. The summed E-state index contributed by atoms with van der Waals surface area (Å²) < 4.78 is 4.77. The van der Waals surface area contributed by atoms with Crippen molar-refractivity contribution in [1.29, 1.82) is 0 Å². The molecule has 7 heteroatoms. The highest BCUT2D eigenvalue weighted by Crippen LogP contribution is 2.30. The van der Waals surface area contributed by atoms with E-state index in [2.05, 4.69) is 4.98 Å². The van der Waals surface area contributed by atoms with Gasteiger partial charge in [-0.15, -0.1) is 11.3 Å². The molecule has 1 aliphatic heterocycles. The molecule has 1 aromatic heterocycles. The van der Waals surface area contributed by atoms with Gasteiger partial charge in [-0.2, -0.15) is 0 Å². The average molecular weight is 379 g/mol. The van der Waals surface area contributed by atoms with Gasteiger partial charge in [0.25, 0.3) is 0 Å². The molecule has 2 aromatic rings. The summed E-state index contributed by atoms with van der Waals surface area (Å²) in [6.07, 6.45) is 1.57. The molecule has 1 fully saturated rings. The number of methoxy groups -OCH3 is 1. The minimum atomic E-state index is -0.184. The van der Waals surface area contributed by atoms with Crippen LogP contribution in [-0.4, -0.2) is 42.0 Å². The molecule has 1 saturated heterocycles. The molecule has 0 aliphatic carbocycles. The number of benzene rings is 1. The summed E-state index contributed by atoms with van der Waals surface area (Å²) in [7, 11) is 1.40. The molecule has 25 heavy (non-hydrogen) atoms. The first-order valence-electron chi connectivity index (χ1n) is 8.13. The summed E-state index contributed by atoms with van der Waals surface area (Å²) in [5.74, 6) is -0.240. The van der Waals surface area contributed by atoms with Crippen LogP contribution in [0.1, 0.15) is 18.5 Å². The standard InChI is InChI=1S/C18H19ClN2O3S/c1-24-18(23)12-6-8-21(9-7-12)16(22)10-13-11-25-17(20-13)14-4-2-3-5-15(14)19/h2-5,11-12H,6-10H2,1H3. The monoisotopic (exact) mass is 378 g/mol. The van der Waals surface area contributed by atoms with Gasteiger partial charge in [-0.1, -0.05) is 29.8 Å². The molecule has 0 atom stereocenters. The Bertz CT molecular complexity index is 769. The molecule has 2 heterocycles. The Morgan fingerprint density at radius 3 is 2.72 bits per heavy atom. The number of esters is 1. The number of aromatic nitrogens is 1. The van der Waals surface area contributed by atoms with Crippen LogP contribution in [0.4, 0.5) is 0 Å². The number of carbonyl (C=O) groups is 2. The van der Waals surface area contributed by atoms with Gasteiger partial charge in [0.05, 0.1) is 30.2 Å². The maximum absolute atomic E-state index is 12.5. The van der Waals surface area contributed by atoms with Crippen molar-refractivity contribution in [3.63, 3.8) is 0 Å². The second-order valence-corrected chi connectivity index (χ2v) is 7.24. The van der Waals surface area contributed by atoms with Crippen LogP contribution in [0.3, 0.4) is 0 Å². The lowest BCUT2D eigenvalue weighted by Crippen LogP contribution is -2.41. The largest absolute Gasteiger partial charge is 0.469 e. The first kappa shape index (κ1) is 17.9. The first-order valence-corrected chi connectivity index (χ1v) is 9.39. The van der Waals surface area contributed by atoms with Gasteiger partial charge in [0.1, 0.15) is 5.01 Å². The smallest absolute Gasteiger partial charge is 0.308 e. The zero-order valence-corrected chi connectivity index (χ0v) is 15.5. The molecule has 5 nitrogen and oxygen atoms in total. The predicted octanol–water partition coefficient (Wildman–Crippen LogP) is 3.42. The summed E-state index contributed by atoms with van der Waals surface area (Å²) in [5, 5.41) is 3.37. The molecule has 0 saturated carbocycles. The fourth-order valence-corrected chi connectivity index (χ4v) is 4.08. The zero-order valence-electron chi connectivity index (χ0n) is 13.9. The number of hydrogen-bond acceptors (Lipinski definition) is 5. The minimum Gasteiger partial charge on any atom is -0.469 e. The number of amides is 1. The van der Waals surface area contributed by atoms with E-state index in [0.29, 0.717) is 31.0 Å². The molecular weight excluding hydrogens is 360 g/mol. The molecule has 1 aliphatic rings. The van der Waals surface area contributed by atoms with E-state index in [1.807, 2.05) is 29.6 Å². The maximum atomic E-state index is 12.5. The number of hydrogen-bond donors (Lipinski definition) is 0. The van der Waals surface area contributed by atoms with E-state index in [4.69, 9.17) is 16.3 Å². The minimum absolute atomic E-state index is 0.0410. The van der Waals surface area contributed by atoms with E-state index in [-0.39, 0.29) is 24.2 Å². The normalized spacial score (nSPS) is 15.2. The van der Waals surface area contributed by atoms with E-state index in [1.165, 1.54) is 18.4 Å². The Hall–Kier alpha value is -1.92. The van der Waals surface area contributed by atoms with Crippen molar-refractivity contribution in [2.24, 2.45) is 5.92 Å². The fourth-order valence-electron chi connectivity index (χ4n) is 2.94. The average Bonchev–Trinajstić information content (AvgIpc) is 3.09. The number of thiazole rings is 1. The third-order valence-corrected chi connectivity index (χ3v) is 5.62. The van der Waals surface area contributed by atoms with Gasteiger partial charge >= 0.3 is 5.97 Å². The predicted molar refractivity (Wildman–Crippen MR) is 97.6 cm³/mol. The quantitative estimate of drug-likeness (QED) is 0.765. The van der Waals surface area contributed by atoms with Crippen LogP contribution in [0.2, 0.25) is 5.02 Å². The molecule has 0 radical (unpaired) electrons. The van der Waals surface area contributed by atoms with E-state index in [9.17, 15) is 9.59 Å². The number of carbonyl (C=O) groups excluding carboxylic acids is 2. The SMILES string of the molecule is COC(=O)C1CCN(C(=O)Cc2csc(-c3ccccc3Cl)n2)CC1. The highest BCUT2D eigenvalue weighted by Gasteiger charge is 2.28. The van der Waals surface area contributed by atoms with Gasteiger partial charge in [0, 0.05) is 24.0 Å². The molecule has 0 unspecified atom stereocenters. The Labute approximate surface area is 155 Å². The van der Waals surface area contributed by atoms with Gasteiger partial charge in [-0.3, -0.25) is 9.59 Å². The van der Waals surface area contributed by atoms with Crippen molar-refractivity contribution in [1.82, 2.24) is 9.88 Å². The first-order chi connectivity index (χ1) is 12.1. The second kappa shape index (κ2) is 7.97. The molecule has 0 N–H and O–H groups in total. The molecular formula is C18H19ClN2O3S. The van der Waals surface area contributed by atoms with Crippen molar-refractivity contribution in [2.45, 2.75) is 19.3 Å². The van der Waals surface area contributed by atoms with Crippen molar-refractivity contribution in [3.05, 3.63) is 40.4 Å². The number of piperidine rings is 1. The zero-order chi connectivity index (χ0) is 17.8. The van der Waals surface area contributed by atoms with Crippen molar-refractivity contribution < 1.29 is 14.3 Å². The van der Waals surface area contributed by atoms with E-state index in [0.717, 1.165) is 16.3 Å². The van der Waals surface area contributed by atoms with Gasteiger partial charge in [-0.05, 0) is 18.9 Å². The molecule has 132 valence electrons. The molecule has 0 bridgehead atoms. The lowest BCUT2D eigenvalue weighted by atomic mass is 9.97. The lowest BCUT2D eigenvalue weighted by Gasteiger charge is -2.30. The van der Waals surface area contributed by atoms with Crippen LogP contribution in [0, 0.1) is 5.92 Å². The van der Waals surface area contributed by atoms with E-state index >= 15 is 0 Å². The van der Waals surface area contributed by atoms with Gasteiger partial charge < -0.3 is 9.64 Å². The van der Waals surface area contributed by atoms with Gasteiger partial charge in [-0.25, -0.2) is 4.98 Å². The van der Waals surface area contributed by atoms with Crippen molar-refractivity contribution >= 4 is 34.8 Å². The van der Waals surface area contributed by atoms with Crippen LogP contribution in [-0.2, 0) is 20.7 Å². The number of halogens is 1. The number of likely N-dealkylation sites (tertiary alicyclic amines) is 1. The Morgan fingerprint density at radius 2 is 2.04 bits per heavy atom. The Kier molecular flexibility index (Phi) is 5.71. The van der Waals surface area contributed by atoms with E-state index < -0.39 is 0 Å². The second-order valence-electron chi connectivity index (χ2n) is 5.98. The van der Waals surface area contributed by atoms with E-state index in [1.54, 1.807) is 4.90 Å².